The van der Waals surface area contributed by atoms with Crippen LogP contribution in [0.15, 0.2) is 70.2 Å². The molecule has 0 saturated carbocycles. The highest BCUT2D eigenvalue weighted by Gasteiger charge is 1.82. The highest BCUT2D eigenvalue weighted by atomic mass is 32.1. The van der Waals surface area contributed by atoms with Crippen molar-refractivity contribution >= 4 is 11.3 Å². The van der Waals surface area contributed by atoms with Gasteiger partial charge in [-0.05, 0) is 59.3 Å². The highest BCUT2D eigenvalue weighted by molar-refractivity contribution is 7.07. The van der Waals surface area contributed by atoms with Gasteiger partial charge in [0.2, 0.25) is 0 Å². The third-order valence-electron chi connectivity index (χ3n) is 2.90. The van der Waals surface area contributed by atoms with Crippen LogP contribution in [-0.4, -0.2) is 0 Å². The van der Waals surface area contributed by atoms with Gasteiger partial charge in [0.15, 0.2) is 0 Å². The normalized spacial score (nSPS) is 9.10. The van der Waals surface area contributed by atoms with Gasteiger partial charge in [0.25, 0.3) is 0 Å². The molecular weight excluding hydrogens is 276 g/mol. The van der Waals surface area contributed by atoms with Crippen LogP contribution < -0.4 is 0 Å². The molecule has 2 aromatic heterocycles. The van der Waals surface area contributed by atoms with E-state index in [2.05, 4.69) is 54.9 Å². The first-order valence-corrected chi connectivity index (χ1v) is 8.24. The predicted molar refractivity (Wildman–Crippen MR) is 93.0 cm³/mol. The van der Waals surface area contributed by atoms with E-state index in [9.17, 15) is 0 Å². The van der Waals surface area contributed by atoms with Gasteiger partial charge in [0, 0.05) is 0 Å². The van der Waals surface area contributed by atoms with Crippen molar-refractivity contribution in [2.45, 2.75) is 33.6 Å². The third kappa shape index (κ3) is 8.16. The van der Waals surface area contributed by atoms with Crippen LogP contribution in [0.2, 0.25) is 0 Å². The number of hydrogen-bond donors (Lipinski definition) is 0. The Labute approximate surface area is 132 Å². The topological polar surface area (TPSA) is 13.1 Å². The van der Waals surface area contributed by atoms with Gasteiger partial charge in [-0.3, -0.25) is 0 Å². The van der Waals surface area contributed by atoms with Crippen LogP contribution in [0.25, 0.3) is 0 Å². The van der Waals surface area contributed by atoms with E-state index in [1.54, 1.807) is 23.9 Å². The van der Waals surface area contributed by atoms with E-state index in [0.29, 0.717) is 0 Å². The molecule has 0 aliphatic heterocycles. The summed E-state index contributed by atoms with van der Waals surface area (Å²) in [6.45, 7) is 6.32. The van der Waals surface area contributed by atoms with E-state index in [-0.39, 0.29) is 0 Å². The molecule has 0 saturated heterocycles. The molecule has 21 heavy (non-hydrogen) atoms. The lowest BCUT2D eigenvalue weighted by Crippen LogP contribution is -1.73. The maximum atomic E-state index is 4.71. The van der Waals surface area contributed by atoms with Crippen molar-refractivity contribution in [2.75, 3.05) is 0 Å². The van der Waals surface area contributed by atoms with Crippen LogP contribution >= 0.6 is 11.3 Å². The zero-order chi connectivity index (χ0) is 15.3. The number of thiophene rings is 1. The molecule has 1 aromatic carbocycles. The van der Waals surface area contributed by atoms with Crippen molar-refractivity contribution in [3.05, 3.63) is 82.4 Å². The van der Waals surface area contributed by atoms with Crippen LogP contribution in [0.3, 0.4) is 0 Å². The Morgan fingerprint density at radius 3 is 1.90 bits per heavy atom. The zero-order valence-electron chi connectivity index (χ0n) is 13.1. The molecule has 112 valence electrons. The number of rotatable bonds is 2. The number of aryl methyl sites for hydroxylation is 3. The summed E-state index contributed by atoms with van der Waals surface area (Å²) in [6.07, 6.45) is 5.68. The molecule has 0 unspecified atom stereocenters. The van der Waals surface area contributed by atoms with Crippen molar-refractivity contribution in [3.8, 4) is 0 Å². The third-order valence-corrected chi connectivity index (χ3v) is 3.63. The molecule has 0 atom stereocenters. The summed E-state index contributed by atoms with van der Waals surface area (Å²) in [6, 6.07) is 14.5. The molecule has 0 bridgehead atoms. The van der Waals surface area contributed by atoms with E-state index < -0.39 is 0 Å². The van der Waals surface area contributed by atoms with Gasteiger partial charge in [-0.15, -0.1) is 0 Å². The summed E-state index contributed by atoms with van der Waals surface area (Å²) < 4.78 is 4.71. The average molecular weight is 300 g/mol. The molecule has 0 N–H and O–H groups in total. The lowest BCUT2D eigenvalue weighted by Gasteiger charge is -1.89. The molecule has 1 nitrogen and oxygen atoms in total. The van der Waals surface area contributed by atoms with Crippen LogP contribution in [0.4, 0.5) is 0 Å². The summed E-state index contributed by atoms with van der Waals surface area (Å²) in [5.74, 6) is 0. The quantitative estimate of drug-likeness (QED) is 0.553. The van der Waals surface area contributed by atoms with Crippen molar-refractivity contribution in [2.24, 2.45) is 0 Å². The van der Waals surface area contributed by atoms with Crippen LogP contribution in [0.1, 0.15) is 30.5 Å². The Morgan fingerprint density at radius 2 is 1.62 bits per heavy atom. The predicted octanol–water partition coefficient (Wildman–Crippen LogP) is 6.15. The van der Waals surface area contributed by atoms with E-state index in [0.717, 1.165) is 6.42 Å². The molecule has 2 heterocycles. The average Bonchev–Trinajstić information content (AvgIpc) is 3.22. The van der Waals surface area contributed by atoms with Crippen LogP contribution in [0.5, 0.6) is 0 Å². The molecule has 0 aliphatic rings. The molecule has 2 heteroatoms. The lowest BCUT2D eigenvalue weighted by molar-refractivity contribution is 0.565. The molecule has 3 aromatic rings. The Bertz CT molecular complexity index is 539. The SMILES string of the molecule is CCc1ccccc1.CCc1ccsc1.Cc1ccoc1. The van der Waals surface area contributed by atoms with Gasteiger partial charge in [0.1, 0.15) is 0 Å². The zero-order valence-corrected chi connectivity index (χ0v) is 13.9. The first-order valence-electron chi connectivity index (χ1n) is 7.30. The Kier molecular flexibility index (Phi) is 8.98. The van der Waals surface area contributed by atoms with E-state index in [4.69, 9.17) is 4.42 Å². The van der Waals surface area contributed by atoms with Gasteiger partial charge in [-0.1, -0.05) is 44.2 Å². The minimum atomic E-state index is 1.14. The maximum Gasteiger partial charge on any atom is 0.0931 e. The van der Waals surface area contributed by atoms with Crippen LogP contribution in [-0.2, 0) is 12.8 Å². The standard InChI is InChI=1S/C8H10.C6H8S.C5H6O/c1-2-8-6-4-3-5-7-8;1-2-6-3-4-7-5-6;1-5-2-3-6-4-5/h3-7H,2H2,1H3;3-5H,2H2,1H3;2-4H,1H3. The molecular formula is C19H24OS. The van der Waals surface area contributed by atoms with Gasteiger partial charge >= 0.3 is 0 Å². The fraction of sp³-hybridized carbons (Fsp3) is 0.263. The Balaban J connectivity index is 0.000000159. The molecule has 0 spiro atoms. The first kappa shape index (κ1) is 17.3. The first-order chi connectivity index (χ1) is 10.3. The van der Waals surface area contributed by atoms with Crippen LogP contribution in [0, 0.1) is 6.92 Å². The summed E-state index contributed by atoms with van der Waals surface area (Å²) in [7, 11) is 0. The Morgan fingerprint density at radius 1 is 0.905 bits per heavy atom. The molecule has 0 radical (unpaired) electrons. The van der Waals surface area contributed by atoms with Gasteiger partial charge in [-0.25, -0.2) is 0 Å². The molecule has 0 amide bonds. The smallest absolute Gasteiger partial charge is 0.0931 e. The van der Waals surface area contributed by atoms with Crippen molar-refractivity contribution in [1.82, 2.24) is 0 Å². The summed E-state index contributed by atoms with van der Waals surface area (Å²) in [5.41, 5.74) is 4.03. The number of furan rings is 1. The van der Waals surface area contributed by atoms with Gasteiger partial charge in [-0.2, -0.15) is 11.3 Å². The summed E-state index contributed by atoms with van der Waals surface area (Å²) in [5, 5.41) is 4.29. The van der Waals surface area contributed by atoms with Crippen molar-refractivity contribution < 1.29 is 4.42 Å². The minimum absolute atomic E-state index is 1.14. The fourth-order valence-corrected chi connectivity index (χ4v) is 2.29. The highest BCUT2D eigenvalue weighted by Crippen LogP contribution is 2.04. The number of benzene rings is 1. The second-order valence-corrected chi connectivity index (χ2v) is 5.41. The van der Waals surface area contributed by atoms with Crippen molar-refractivity contribution in [1.29, 1.82) is 0 Å². The maximum absolute atomic E-state index is 4.71. The van der Waals surface area contributed by atoms with Gasteiger partial charge in [0.05, 0.1) is 12.5 Å². The van der Waals surface area contributed by atoms with E-state index in [1.165, 1.54) is 23.1 Å². The lowest BCUT2D eigenvalue weighted by atomic mass is 10.2. The minimum Gasteiger partial charge on any atom is -0.472 e. The fourth-order valence-electron chi connectivity index (χ4n) is 1.54. The summed E-state index contributed by atoms with van der Waals surface area (Å²) >= 11 is 1.76. The number of hydrogen-bond acceptors (Lipinski definition) is 2. The second kappa shape index (κ2) is 10.9. The van der Waals surface area contributed by atoms with Gasteiger partial charge < -0.3 is 4.42 Å². The summed E-state index contributed by atoms with van der Waals surface area (Å²) in [4.78, 5) is 0. The second-order valence-electron chi connectivity index (χ2n) is 4.63. The Hall–Kier alpha value is -1.80. The van der Waals surface area contributed by atoms with E-state index in [1.807, 2.05) is 19.1 Å². The van der Waals surface area contributed by atoms with Crippen molar-refractivity contribution in [3.63, 3.8) is 0 Å². The largest absolute Gasteiger partial charge is 0.472 e. The monoisotopic (exact) mass is 300 g/mol. The molecule has 0 aliphatic carbocycles. The van der Waals surface area contributed by atoms with E-state index >= 15 is 0 Å². The molecule has 0 fully saturated rings. The molecule has 3 rings (SSSR count).